The van der Waals surface area contributed by atoms with Crippen molar-refractivity contribution < 1.29 is 4.79 Å². The van der Waals surface area contributed by atoms with E-state index < -0.39 is 0 Å². The summed E-state index contributed by atoms with van der Waals surface area (Å²) < 4.78 is 0.823. The predicted octanol–water partition coefficient (Wildman–Crippen LogP) is 4.13. The average molecular weight is 318 g/mol. The quantitative estimate of drug-likeness (QED) is 0.683. The third-order valence-corrected chi connectivity index (χ3v) is 3.74. The van der Waals surface area contributed by atoms with Crippen molar-refractivity contribution in [3.05, 3.63) is 63.1 Å². The topological polar surface area (TPSA) is 43.1 Å². The van der Waals surface area contributed by atoms with Crippen molar-refractivity contribution in [2.45, 2.75) is 20.3 Å². The standard InChI is InChI=1S/C16H16BrNO/c1-3-11-4-6-12(7-5-11)16(19)14-8-13(17)9-15(18)10(14)2/h4-9H,3,18H2,1-2H3. The number of aryl methyl sites for hydroxylation is 1. The van der Waals surface area contributed by atoms with Gasteiger partial charge in [-0.1, -0.05) is 47.1 Å². The highest BCUT2D eigenvalue weighted by Crippen LogP contribution is 2.25. The lowest BCUT2D eigenvalue weighted by molar-refractivity contribution is 0.103. The molecule has 0 amide bonds. The number of rotatable bonds is 3. The van der Waals surface area contributed by atoms with Crippen molar-refractivity contribution in [2.24, 2.45) is 0 Å². The molecule has 2 nitrogen and oxygen atoms in total. The van der Waals surface area contributed by atoms with Crippen LogP contribution in [0, 0.1) is 6.92 Å². The Hall–Kier alpha value is -1.61. The Morgan fingerprint density at radius 1 is 1.21 bits per heavy atom. The van der Waals surface area contributed by atoms with Gasteiger partial charge in [0.1, 0.15) is 0 Å². The molecule has 2 rings (SSSR count). The van der Waals surface area contributed by atoms with E-state index >= 15 is 0 Å². The zero-order valence-corrected chi connectivity index (χ0v) is 12.6. The van der Waals surface area contributed by atoms with Gasteiger partial charge < -0.3 is 5.73 Å². The molecular weight excluding hydrogens is 302 g/mol. The van der Waals surface area contributed by atoms with Gasteiger partial charge >= 0.3 is 0 Å². The molecule has 0 spiro atoms. The van der Waals surface area contributed by atoms with Gasteiger partial charge in [0.15, 0.2) is 5.78 Å². The fraction of sp³-hybridized carbons (Fsp3) is 0.188. The van der Waals surface area contributed by atoms with Gasteiger partial charge in [-0.2, -0.15) is 0 Å². The Morgan fingerprint density at radius 3 is 2.42 bits per heavy atom. The van der Waals surface area contributed by atoms with E-state index in [0.717, 1.165) is 16.5 Å². The number of nitrogens with two attached hydrogens (primary N) is 1. The van der Waals surface area contributed by atoms with Crippen LogP contribution in [0.3, 0.4) is 0 Å². The van der Waals surface area contributed by atoms with Gasteiger partial charge in [0.05, 0.1) is 0 Å². The molecule has 0 aromatic heterocycles. The number of anilines is 1. The molecule has 2 aromatic rings. The first kappa shape index (κ1) is 13.8. The largest absolute Gasteiger partial charge is 0.398 e. The predicted molar refractivity (Wildman–Crippen MR) is 82.5 cm³/mol. The summed E-state index contributed by atoms with van der Waals surface area (Å²) in [4.78, 5) is 12.5. The van der Waals surface area contributed by atoms with Crippen molar-refractivity contribution in [3.63, 3.8) is 0 Å². The number of benzene rings is 2. The Morgan fingerprint density at radius 2 is 1.84 bits per heavy atom. The summed E-state index contributed by atoms with van der Waals surface area (Å²) in [6, 6.07) is 11.4. The first-order chi connectivity index (χ1) is 9.02. The summed E-state index contributed by atoms with van der Waals surface area (Å²) in [5.41, 5.74) is 9.92. The van der Waals surface area contributed by atoms with E-state index in [9.17, 15) is 4.79 Å². The summed E-state index contributed by atoms with van der Waals surface area (Å²) in [6.07, 6.45) is 0.970. The average Bonchev–Trinajstić information content (AvgIpc) is 2.42. The van der Waals surface area contributed by atoms with Crippen LogP contribution in [-0.2, 0) is 6.42 Å². The van der Waals surface area contributed by atoms with Crippen LogP contribution in [0.15, 0.2) is 40.9 Å². The van der Waals surface area contributed by atoms with E-state index in [0.29, 0.717) is 16.8 Å². The second-order valence-corrected chi connectivity index (χ2v) is 5.46. The summed E-state index contributed by atoms with van der Waals surface area (Å²) >= 11 is 3.38. The Bertz CT molecular complexity index is 617. The second kappa shape index (κ2) is 5.57. The van der Waals surface area contributed by atoms with Crippen LogP contribution in [0.1, 0.15) is 34.0 Å². The lowest BCUT2D eigenvalue weighted by atomic mass is 9.97. The molecule has 0 saturated carbocycles. The van der Waals surface area contributed by atoms with Crippen molar-refractivity contribution in [1.82, 2.24) is 0 Å². The van der Waals surface area contributed by atoms with E-state index in [1.54, 1.807) is 0 Å². The fourth-order valence-corrected chi connectivity index (χ4v) is 2.46. The maximum atomic E-state index is 12.5. The molecule has 0 bridgehead atoms. The molecule has 98 valence electrons. The Kier molecular flexibility index (Phi) is 4.05. The highest BCUT2D eigenvalue weighted by Gasteiger charge is 2.14. The fourth-order valence-electron chi connectivity index (χ4n) is 1.98. The van der Waals surface area contributed by atoms with E-state index in [1.165, 1.54) is 5.56 Å². The molecule has 0 aliphatic rings. The second-order valence-electron chi connectivity index (χ2n) is 4.55. The van der Waals surface area contributed by atoms with Crippen molar-refractivity contribution >= 4 is 27.4 Å². The molecule has 0 radical (unpaired) electrons. The summed E-state index contributed by atoms with van der Waals surface area (Å²) in [6.45, 7) is 3.96. The van der Waals surface area contributed by atoms with Gasteiger partial charge in [0.2, 0.25) is 0 Å². The van der Waals surface area contributed by atoms with Crippen LogP contribution in [0.4, 0.5) is 5.69 Å². The first-order valence-corrected chi connectivity index (χ1v) is 7.01. The summed E-state index contributed by atoms with van der Waals surface area (Å²) in [7, 11) is 0. The molecule has 0 aliphatic carbocycles. The number of ketones is 1. The monoisotopic (exact) mass is 317 g/mol. The van der Waals surface area contributed by atoms with Crippen LogP contribution in [0.25, 0.3) is 0 Å². The van der Waals surface area contributed by atoms with Crippen LogP contribution in [0.5, 0.6) is 0 Å². The van der Waals surface area contributed by atoms with Gasteiger partial charge in [0, 0.05) is 21.3 Å². The van der Waals surface area contributed by atoms with Crippen LogP contribution in [0.2, 0.25) is 0 Å². The minimum absolute atomic E-state index is 0.00755. The van der Waals surface area contributed by atoms with Crippen LogP contribution >= 0.6 is 15.9 Å². The molecule has 3 heteroatoms. The summed E-state index contributed by atoms with van der Waals surface area (Å²) in [5, 5.41) is 0. The van der Waals surface area contributed by atoms with Gasteiger partial charge in [0.25, 0.3) is 0 Å². The zero-order valence-electron chi connectivity index (χ0n) is 11.0. The highest BCUT2D eigenvalue weighted by atomic mass is 79.9. The van der Waals surface area contributed by atoms with Crippen molar-refractivity contribution in [1.29, 1.82) is 0 Å². The molecule has 0 heterocycles. The number of halogens is 1. The lowest BCUT2D eigenvalue weighted by Crippen LogP contribution is -2.06. The van der Waals surface area contributed by atoms with Crippen LogP contribution < -0.4 is 5.73 Å². The molecule has 2 N–H and O–H groups in total. The lowest BCUT2D eigenvalue weighted by Gasteiger charge is -2.09. The van der Waals surface area contributed by atoms with E-state index in [1.807, 2.05) is 43.3 Å². The minimum atomic E-state index is 0.00755. The van der Waals surface area contributed by atoms with Gasteiger partial charge in [-0.25, -0.2) is 0 Å². The smallest absolute Gasteiger partial charge is 0.193 e. The minimum Gasteiger partial charge on any atom is -0.398 e. The third kappa shape index (κ3) is 2.87. The molecular formula is C16H16BrNO. The van der Waals surface area contributed by atoms with Gasteiger partial charge in [-0.3, -0.25) is 4.79 Å². The number of hydrogen-bond acceptors (Lipinski definition) is 2. The molecule has 0 atom stereocenters. The van der Waals surface area contributed by atoms with E-state index in [2.05, 4.69) is 22.9 Å². The Balaban J connectivity index is 2.43. The molecule has 19 heavy (non-hydrogen) atoms. The molecule has 2 aromatic carbocycles. The van der Waals surface area contributed by atoms with Crippen LogP contribution in [-0.4, -0.2) is 5.78 Å². The normalized spacial score (nSPS) is 10.5. The maximum absolute atomic E-state index is 12.5. The highest BCUT2D eigenvalue weighted by molar-refractivity contribution is 9.10. The first-order valence-electron chi connectivity index (χ1n) is 6.22. The van der Waals surface area contributed by atoms with Crippen molar-refractivity contribution in [2.75, 3.05) is 5.73 Å². The van der Waals surface area contributed by atoms with Gasteiger partial charge in [-0.05, 0) is 36.6 Å². The zero-order chi connectivity index (χ0) is 14.0. The number of hydrogen-bond donors (Lipinski definition) is 1. The van der Waals surface area contributed by atoms with Crippen molar-refractivity contribution in [3.8, 4) is 0 Å². The maximum Gasteiger partial charge on any atom is 0.193 e. The van der Waals surface area contributed by atoms with Gasteiger partial charge in [-0.15, -0.1) is 0 Å². The number of carbonyl (C=O) groups excluding carboxylic acids is 1. The van der Waals surface area contributed by atoms with E-state index in [-0.39, 0.29) is 5.78 Å². The third-order valence-electron chi connectivity index (χ3n) is 3.28. The molecule has 0 unspecified atom stereocenters. The SMILES string of the molecule is CCc1ccc(C(=O)c2cc(Br)cc(N)c2C)cc1. The van der Waals surface area contributed by atoms with E-state index in [4.69, 9.17) is 5.73 Å². The Labute approximate surface area is 121 Å². The molecule has 0 saturated heterocycles. The summed E-state index contributed by atoms with van der Waals surface area (Å²) in [5.74, 6) is 0.00755. The number of carbonyl (C=O) groups is 1. The molecule has 0 fully saturated rings. The number of nitrogen functional groups attached to an aromatic ring is 1. The molecule has 0 aliphatic heterocycles.